The molecule has 1 aliphatic rings. The third kappa shape index (κ3) is 4.53. The van der Waals surface area contributed by atoms with Crippen LogP contribution in [0.5, 0.6) is 5.75 Å². The Morgan fingerprint density at radius 3 is 2.81 bits per heavy atom. The fraction of sp³-hybridized carbons (Fsp3) is 0.250. The molecule has 0 unspecified atom stereocenters. The molecule has 6 bridgehead atoms. The lowest BCUT2D eigenvalue weighted by molar-refractivity contribution is 0.0958. The molecule has 0 aliphatic carbocycles. The Labute approximate surface area is 211 Å². The standard InChI is InChI=1S/C24H25N9O3/c1-13-5-6-20-28-18(13)11-36-10-15-7-17(23(35-4)19(8-15)33-12-26-14(2)32-33)27-16-9-21(29-20)30-31-22(16)24(34)25-3/h5-9,12,27H,10-11H2,1-4H3,(H,25,34)(H,28,29,30)/i3D3. The van der Waals surface area contributed by atoms with Crippen LogP contribution in [0.25, 0.3) is 5.69 Å². The van der Waals surface area contributed by atoms with E-state index in [4.69, 9.17) is 13.6 Å². The van der Waals surface area contributed by atoms with Crippen LogP contribution in [0.4, 0.5) is 23.0 Å². The number of nitrogens with zero attached hydrogens (tertiary/aromatic N) is 6. The Kier molecular flexibility index (Phi) is 5.24. The van der Waals surface area contributed by atoms with Crippen LogP contribution in [0.3, 0.4) is 0 Å². The fourth-order valence-corrected chi connectivity index (χ4v) is 3.80. The topological polar surface area (TPSA) is 141 Å². The predicted molar refractivity (Wildman–Crippen MR) is 132 cm³/mol. The number of fused-ring (bicyclic) bond motifs is 6. The van der Waals surface area contributed by atoms with Crippen LogP contribution >= 0.6 is 0 Å². The van der Waals surface area contributed by atoms with Crippen molar-refractivity contribution < 1.29 is 18.4 Å². The predicted octanol–water partition coefficient (Wildman–Crippen LogP) is 2.95. The van der Waals surface area contributed by atoms with E-state index < -0.39 is 12.9 Å². The number of carbonyl (C=O) groups is 1. The zero-order valence-electron chi connectivity index (χ0n) is 22.8. The maximum atomic E-state index is 12.9. The van der Waals surface area contributed by atoms with E-state index in [0.29, 0.717) is 28.8 Å². The van der Waals surface area contributed by atoms with E-state index in [9.17, 15) is 4.79 Å². The van der Waals surface area contributed by atoms with E-state index in [1.165, 1.54) is 13.2 Å². The molecule has 1 amide bonds. The molecule has 1 aromatic carbocycles. The average molecular weight is 491 g/mol. The van der Waals surface area contributed by atoms with Crippen LogP contribution in [-0.4, -0.2) is 49.9 Å². The number of hydrogen-bond donors (Lipinski definition) is 3. The Morgan fingerprint density at radius 1 is 1.14 bits per heavy atom. The lowest BCUT2D eigenvalue weighted by Crippen LogP contribution is -2.21. The second kappa shape index (κ2) is 9.58. The second-order valence-electron chi connectivity index (χ2n) is 8.08. The third-order valence-electron chi connectivity index (χ3n) is 5.54. The van der Waals surface area contributed by atoms with Gasteiger partial charge in [0.15, 0.2) is 17.3 Å². The van der Waals surface area contributed by atoms with Crippen molar-refractivity contribution in [3.8, 4) is 11.4 Å². The molecule has 12 heteroatoms. The second-order valence-corrected chi connectivity index (χ2v) is 8.08. The minimum Gasteiger partial charge on any atom is -0.492 e. The summed E-state index contributed by atoms with van der Waals surface area (Å²) in [5.74, 6) is 0.794. The smallest absolute Gasteiger partial charge is 0.273 e. The maximum Gasteiger partial charge on any atom is 0.273 e. The van der Waals surface area contributed by atoms with E-state index >= 15 is 0 Å². The number of anilines is 4. The Morgan fingerprint density at radius 2 is 2.03 bits per heavy atom. The highest BCUT2D eigenvalue weighted by Gasteiger charge is 2.20. The minimum atomic E-state index is -2.72. The molecule has 0 fully saturated rings. The molecule has 0 saturated heterocycles. The summed E-state index contributed by atoms with van der Waals surface area (Å²) in [4.78, 5) is 21.7. The fourth-order valence-electron chi connectivity index (χ4n) is 3.80. The number of aromatic nitrogens is 6. The quantitative estimate of drug-likeness (QED) is 0.392. The van der Waals surface area contributed by atoms with Crippen molar-refractivity contribution in [1.29, 1.82) is 0 Å². The minimum absolute atomic E-state index is 0.177. The van der Waals surface area contributed by atoms with Crippen LogP contribution in [0.15, 0.2) is 36.7 Å². The summed E-state index contributed by atoms with van der Waals surface area (Å²) < 4.78 is 35.7. The molecule has 0 radical (unpaired) electrons. The molecule has 184 valence electrons. The van der Waals surface area contributed by atoms with Gasteiger partial charge in [-0.15, -0.1) is 10.2 Å². The number of ether oxygens (including phenoxy) is 2. The van der Waals surface area contributed by atoms with E-state index in [1.807, 2.05) is 24.4 Å². The van der Waals surface area contributed by atoms with Gasteiger partial charge in [-0.25, -0.2) is 14.6 Å². The molecule has 0 spiro atoms. The number of hydrogen-bond acceptors (Lipinski definition) is 10. The number of pyridine rings is 1. The molecule has 0 atom stereocenters. The van der Waals surface area contributed by atoms with Crippen molar-refractivity contribution in [3.63, 3.8) is 0 Å². The molecule has 0 saturated carbocycles. The number of rotatable bonds is 3. The highest BCUT2D eigenvalue weighted by molar-refractivity contribution is 5.98. The summed E-state index contributed by atoms with van der Waals surface area (Å²) in [6.07, 6.45) is 1.56. The summed E-state index contributed by atoms with van der Waals surface area (Å²) in [7, 11) is 1.50. The first-order valence-corrected chi connectivity index (χ1v) is 11.0. The first-order valence-electron chi connectivity index (χ1n) is 12.5. The van der Waals surface area contributed by atoms with Gasteiger partial charge in [-0.3, -0.25) is 4.79 Å². The maximum absolute atomic E-state index is 12.9. The van der Waals surface area contributed by atoms with Crippen LogP contribution in [0.2, 0.25) is 0 Å². The van der Waals surface area contributed by atoms with Gasteiger partial charge in [0.1, 0.15) is 23.7 Å². The van der Waals surface area contributed by atoms with Crippen molar-refractivity contribution >= 4 is 28.9 Å². The van der Waals surface area contributed by atoms with Crippen molar-refractivity contribution in [1.82, 2.24) is 35.3 Å². The third-order valence-corrected chi connectivity index (χ3v) is 5.54. The van der Waals surface area contributed by atoms with Crippen LogP contribution in [-0.2, 0) is 18.0 Å². The van der Waals surface area contributed by atoms with Gasteiger partial charge >= 0.3 is 0 Å². The zero-order chi connectivity index (χ0) is 27.7. The van der Waals surface area contributed by atoms with Crippen LogP contribution in [0.1, 0.15) is 37.2 Å². The summed E-state index contributed by atoms with van der Waals surface area (Å²) in [5, 5.41) is 20.7. The van der Waals surface area contributed by atoms with E-state index in [-0.39, 0.29) is 30.4 Å². The van der Waals surface area contributed by atoms with Gasteiger partial charge < -0.3 is 25.4 Å². The van der Waals surface area contributed by atoms with Gasteiger partial charge in [-0.1, -0.05) is 6.07 Å². The molecule has 4 aromatic rings. The lowest BCUT2D eigenvalue weighted by atomic mass is 10.1. The van der Waals surface area contributed by atoms with Crippen molar-refractivity contribution in [2.75, 3.05) is 24.7 Å². The number of methoxy groups -OCH3 is 1. The van der Waals surface area contributed by atoms with Gasteiger partial charge in [0, 0.05) is 17.2 Å². The normalized spacial score (nSPS) is 14.2. The number of benzene rings is 1. The average Bonchev–Trinajstić information content (AvgIpc) is 3.30. The number of nitrogens with one attached hydrogen (secondary N) is 3. The summed E-state index contributed by atoms with van der Waals surface area (Å²) in [5.41, 5.74) is 3.41. The Bertz CT molecular complexity index is 1560. The zero-order valence-corrected chi connectivity index (χ0v) is 19.8. The van der Waals surface area contributed by atoms with Crippen LogP contribution in [0, 0.1) is 13.8 Å². The number of carbonyl (C=O) groups excluding carboxylic acids is 1. The first kappa shape index (κ1) is 19.7. The van der Waals surface area contributed by atoms with Crippen molar-refractivity contribution in [2.24, 2.45) is 0 Å². The van der Waals surface area contributed by atoms with E-state index in [1.54, 1.807) is 30.1 Å². The molecule has 3 N–H and O–H groups in total. The molecular weight excluding hydrogens is 462 g/mol. The molecule has 3 aromatic heterocycles. The molecule has 4 heterocycles. The van der Waals surface area contributed by atoms with E-state index in [2.05, 4.69) is 35.9 Å². The van der Waals surface area contributed by atoms with Gasteiger partial charge in [0.05, 0.1) is 37.4 Å². The molecule has 36 heavy (non-hydrogen) atoms. The monoisotopic (exact) mass is 490 g/mol. The van der Waals surface area contributed by atoms with E-state index in [0.717, 1.165) is 16.8 Å². The largest absolute Gasteiger partial charge is 0.492 e. The SMILES string of the molecule is [2H]C([2H])([2H])NC(=O)c1nnc2cc1Nc1cc(cc(-n3cnc(C)n3)c1OC)COCc1nc(ccc1C)N2. The molecule has 5 rings (SSSR count). The molecule has 12 nitrogen and oxygen atoms in total. The number of aryl methyl sites for hydroxylation is 2. The molecule has 1 aliphatic heterocycles. The highest BCUT2D eigenvalue weighted by Crippen LogP contribution is 2.36. The van der Waals surface area contributed by atoms with Crippen molar-refractivity contribution in [3.05, 3.63) is 65.0 Å². The van der Waals surface area contributed by atoms with Gasteiger partial charge in [-0.2, -0.15) is 5.10 Å². The van der Waals surface area contributed by atoms with Crippen LogP contribution < -0.4 is 20.7 Å². The highest BCUT2D eigenvalue weighted by atomic mass is 16.5. The van der Waals surface area contributed by atoms with Gasteiger partial charge in [0.25, 0.3) is 5.91 Å². The summed E-state index contributed by atoms with van der Waals surface area (Å²) in [6, 6.07) is 8.89. The van der Waals surface area contributed by atoms with Gasteiger partial charge in [0.2, 0.25) is 0 Å². The lowest BCUT2D eigenvalue weighted by Gasteiger charge is -2.19. The Balaban J connectivity index is 1.68. The first-order chi connectivity index (χ1) is 18.6. The summed E-state index contributed by atoms with van der Waals surface area (Å²) in [6.45, 7) is 1.47. The Hall–Kier alpha value is -4.58. The van der Waals surface area contributed by atoms with Crippen molar-refractivity contribution in [2.45, 2.75) is 27.1 Å². The molecular formula is C24H25N9O3. The summed E-state index contributed by atoms with van der Waals surface area (Å²) >= 11 is 0. The van der Waals surface area contributed by atoms with Gasteiger partial charge in [-0.05, 0) is 43.2 Å². The number of amides is 1.